The molecule has 1 aromatic carbocycles. The number of hydrogen-bond acceptors (Lipinski definition) is 4. The Hall–Kier alpha value is -1.92. The van der Waals surface area contributed by atoms with Crippen LogP contribution in [0.3, 0.4) is 0 Å². The third kappa shape index (κ3) is 4.99. The smallest absolute Gasteiger partial charge is 0.251 e. The monoisotopic (exact) mass is 279 g/mol. The summed E-state index contributed by atoms with van der Waals surface area (Å²) in [5, 5.41) is 5.30. The molecule has 1 unspecified atom stereocenters. The van der Waals surface area contributed by atoms with Crippen LogP contribution in [0.5, 0.6) is 0 Å². The molecule has 1 atom stereocenters. The van der Waals surface area contributed by atoms with E-state index in [0.717, 1.165) is 5.56 Å². The van der Waals surface area contributed by atoms with E-state index in [1.54, 1.807) is 38.4 Å². The minimum Gasteiger partial charge on any atom is -0.385 e. The van der Waals surface area contributed by atoms with Crippen LogP contribution in [0.2, 0.25) is 0 Å². The van der Waals surface area contributed by atoms with Crippen LogP contribution in [-0.4, -0.2) is 38.6 Å². The van der Waals surface area contributed by atoms with Gasteiger partial charge in [0.05, 0.1) is 6.04 Å². The zero-order chi connectivity index (χ0) is 15.0. The Kier molecular flexibility index (Phi) is 6.69. The summed E-state index contributed by atoms with van der Waals surface area (Å²) < 4.78 is 4.87. The molecule has 0 spiro atoms. The fourth-order valence-corrected chi connectivity index (χ4v) is 1.61. The molecule has 0 saturated carbocycles. The summed E-state index contributed by atoms with van der Waals surface area (Å²) in [6.45, 7) is 0.836. The van der Waals surface area contributed by atoms with Gasteiger partial charge in [-0.05, 0) is 24.1 Å². The second-order valence-corrected chi connectivity index (χ2v) is 4.38. The van der Waals surface area contributed by atoms with Crippen LogP contribution in [0.4, 0.5) is 0 Å². The summed E-state index contributed by atoms with van der Waals surface area (Å²) in [4.78, 5) is 23.1. The van der Waals surface area contributed by atoms with Gasteiger partial charge in [-0.2, -0.15) is 0 Å². The first-order valence-corrected chi connectivity index (χ1v) is 6.41. The molecule has 0 aliphatic heterocycles. The summed E-state index contributed by atoms with van der Waals surface area (Å²) in [6.07, 6.45) is 0.484. The van der Waals surface area contributed by atoms with Crippen molar-refractivity contribution < 1.29 is 14.3 Å². The van der Waals surface area contributed by atoms with E-state index >= 15 is 0 Å². The minimum absolute atomic E-state index is 0.137. The Morgan fingerprint density at radius 2 is 1.95 bits per heavy atom. The van der Waals surface area contributed by atoms with Crippen molar-refractivity contribution >= 4 is 11.8 Å². The zero-order valence-corrected chi connectivity index (χ0v) is 11.8. The topological polar surface area (TPSA) is 93.5 Å². The number of nitrogens with two attached hydrogens (primary N) is 1. The van der Waals surface area contributed by atoms with Crippen LogP contribution in [0.15, 0.2) is 24.3 Å². The predicted octanol–water partition coefficient (Wildman–Crippen LogP) is 0.0262. The van der Waals surface area contributed by atoms with Crippen LogP contribution >= 0.6 is 0 Å². The summed E-state index contributed by atoms with van der Waals surface area (Å²) in [5.74, 6) is -0.348. The quantitative estimate of drug-likeness (QED) is 0.656. The molecule has 0 heterocycles. The Balaban J connectivity index is 2.45. The highest BCUT2D eigenvalue weighted by Gasteiger charge is 2.12. The molecular formula is C14H21N3O3. The molecule has 0 fully saturated rings. The number of rotatable bonds is 7. The third-order valence-electron chi connectivity index (χ3n) is 2.88. The Labute approximate surface area is 118 Å². The van der Waals surface area contributed by atoms with E-state index in [1.807, 2.05) is 0 Å². The lowest BCUT2D eigenvalue weighted by molar-refractivity contribution is -0.122. The maximum atomic E-state index is 11.7. The Morgan fingerprint density at radius 3 is 2.50 bits per heavy atom. The normalized spacial score (nSPS) is 11.8. The predicted molar refractivity (Wildman–Crippen MR) is 76.1 cm³/mol. The largest absolute Gasteiger partial charge is 0.385 e. The van der Waals surface area contributed by atoms with Gasteiger partial charge < -0.3 is 21.1 Å². The highest BCUT2D eigenvalue weighted by molar-refractivity contribution is 5.93. The average Bonchev–Trinajstić information content (AvgIpc) is 2.49. The number of carbonyl (C=O) groups excluding carboxylic acids is 2. The van der Waals surface area contributed by atoms with Gasteiger partial charge in [-0.1, -0.05) is 12.1 Å². The first-order valence-electron chi connectivity index (χ1n) is 6.41. The third-order valence-corrected chi connectivity index (χ3v) is 2.88. The molecule has 0 saturated heterocycles. The van der Waals surface area contributed by atoms with Crippen LogP contribution in [-0.2, 0) is 16.1 Å². The number of carbonyl (C=O) groups is 2. The van der Waals surface area contributed by atoms with Crippen LogP contribution in [0.1, 0.15) is 22.3 Å². The summed E-state index contributed by atoms with van der Waals surface area (Å²) >= 11 is 0. The van der Waals surface area contributed by atoms with Gasteiger partial charge in [-0.3, -0.25) is 9.59 Å². The number of hydrogen-bond donors (Lipinski definition) is 3. The van der Waals surface area contributed by atoms with Gasteiger partial charge in [0.25, 0.3) is 5.91 Å². The fourth-order valence-electron chi connectivity index (χ4n) is 1.61. The van der Waals surface area contributed by atoms with Gasteiger partial charge in [-0.15, -0.1) is 0 Å². The highest BCUT2D eigenvalue weighted by Crippen LogP contribution is 2.04. The number of methoxy groups -OCH3 is 1. The average molecular weight is 279 g/mol. The van der Waals surface area contributed by atoms with Crippen molar-refractivity contribution in [2.45, 2.75) is 19.0 Å². The van der Waals surface area contributed by atoms with Crippen molar-refractivity contribution in [3.63, 3.8) is 0 Å². The molecule has 110 valence electrons. The first kappa shape index (κ1) is 16.1. The maximum absolute atomic E-state index is 11.7. The second-order valence-electron chi connectivity index (χ2n) is 4.38. The van der Waals surface area contributed by atoms with E-state index in [9.17, 15) is 9.59 Å². The van der Waals surface area contributed by atoms with E-state index in [1.165, 1.54) is 0 Å². The molecule has 2 amide bonds. The van der Waals surface area contributed by atoms with Gasteiger partial charge in [0.15, 0.2) is 0 Å². The zero-order valence-electron chi connectivity index (χ0n) is 11.8. The van der Waals surface area contributed by atoms with Gasteiger partial charge in [0.1, 0.15) is 0 Å². The molecule has 4 N–H and O–H groups in total. The van der Waals surface area contributed by atoms with Crippen molar-refractivity contribution in [1.82, 2.24) is 10.6 Å². The Morgan fingerprint density at radius 1 is 1.30 bits per heavy atom. The van der Waals surface area contributed by atoms with Gasteiger partial charge in [0.2, 0.25) is 5.91 Å². The lowest BCUT2D eigenvalue weighted by Crippen LogP contribution is -2.40. The number of ether oxygens (including phenoxy) is 1. The van der Waals surface area contributed by atoms with Crippen molar-refractivity contribution in [3.8, 4) is 0 Å². The lowest BCUT2D eigenvalue weighted by Gasteiger charge is -2.12. The van der Waals surface area contributed by atoms with Gasteiger partial charge >= 0.3 is 0 Å². The highest BCUT2D eigenvalue weighted by atomic mass is 16.5. The van der Waals surface area contributed by atoms with Gasteiger partial charge in [-0.25, -0.2) is 0 Å². The SMILES string of the molecule is CNC(=O)c1ccc(CNC(=O)C(N)CCOC)cc1. The molecule has 6 nitrogen and oxygen atoms in total. The molecule has 0 aliphatic rings. The van der Waals surface area contributed by atoms with Crippen molar-refractivity contribution in [1.29, 1.82) is 0 Å². The molecule has 1 rings (SSSR count). The molecule has 6 heteroatoms. The van der Waals surface area contributed by atoms with Gasteiger partial charge in [0, 0.05) is 32.9 Å². The van der Waals surface area contributed by atoms with E-state index in [4.69, 9.17) is 10.5 Å². The number of nitrogens with one attached hydrogen (secondary N) is 2. The number of benzene rings is 1. The molecule has 0 aliphatic carbocycles. The van der Waals surface area contributed by atoms with E-state index < -0.39 is 6.04 Å². The minimum atomic E-state index is -0.569. The van der Waals surface area contributed by atoms with Crippen molar-refractivity contribution in [3.05, 3.63) is 35.4 Å². The molecule has 0 aromatic heterocycles. The molecule has 0 radical (unpaired) electrons. The summed E-state index contributed by atoms with van der Waals surface area (Å²) in [6, 6.07) is 6.45. The van der Waals surface area contributed by atoms with E-state index in [0.29, 0.717) is 25.1 Å². The molecular weight excluding hydrogens is 258 g/mol. The van der Waals surface area contributed by atoms with Crippen LogP contribution in [0, 0.1) is 0 Å². The summed E-state index contributed by atoms with van der Waals surface area (Å²) in [7, 11) is 3.15. The van der Waals surface area contributed by atoms with Crippen LogP contribution < -0.4 is 16.4 Å². The lowest BCUT2D eigenvalue weighted by atomic mass is 10.1. The Bertz CT molecular complexity index is 445. The molecule has 20 heavy (non-hydrogen) atoms. The molecule has 1 aromatic rings. The molecule has 0 bridgehead atoms. The second kappa shape index (κ2) is 8.29. The van der Waals surface area contributed by atoms with Crippen LogP contribution in [0.25, 0.3) is 0 Å². The van der Waals surface area contributed by atoms with Crippen molar-refractivity contribution in [2.75, 3.05) is 20.8 Å². The standard InChI is InChI=1S/C14H21N3O3/c1-16-13(18)11-5-3-10(4-6-11)9-17-14(19)12(15)7-8-20-2/h3-6,12H,7-9,15H2,1-2H3,(H,16,18)(H,17,19). The first-order chi connectivity index (χ1) is 9.58. The van der Waals surface area contributed by atoms with E-state index in [-0.39, 0.29) is 11.8 Å². The number of amides is 2. The van der Waals surface area contributed by atoms with Crippen molar-refractivity contribution in [2.24, 2.45) is 5.73 Å². The maximum Gasteiger partial charge on any atom is 0.251 e. The fraction of sp³-hybridized carbons (Fsp3) is 0.429. The summed E-state index contributed by atoms with van der Waals surface area (Å²) in [5.41, 5.74) is 7.19. The van der Waals surface area contributed by atoms with E-state index in [2.05, 4.69) is 10.6 Å².